The van der Waals surface area contributed by atoms with Gasteiger partial charge in [0.2, 0.25) is 0 Å². The van der Waals surface area contributed by atoms with E-state index < -0.39 is 18.1 Å². The number of rotatable bonds is 8. The summed E-state index contributed by atoms with van der Waals surface area (Å²) in [4.78, 5) is 26.1. The Balaban J connectivity index is 2.22. The van der Waals surface area contributed by atoms with Crippen LogP contribution in [0.4, 0.5) is 8.78 Å². The van der Waals surface area contributed by atoms with Crippen LogP contribution in [0.2, 0.25) is 0 Å². The smallest absolute Gasteiger partial charge is 0.387 e. The fourth-order valence-electron chi connectivity index (χ4n) is 3.13. The Morgan fingerprint density at radius 1 is 1.24 bits per heavy atom. The zero-order chi connectivity index (χ0) is 24.7. The number of halogens is 2. The van der Waals surface area contributed by atoms with Crippen LogP contribution in [0.15, 0.2) is 53.3 Å². The molecule has 0 unspecified atom stereocenters. The number of benzene rings is 2. The first kappa shape index (κ1) is 24.8. The Morgan fingerprint density at radius 2 is 1.94 bits per heavy atom. The van der Waals surface area contributed by atoms with Gasteiger partial charge in [-0.15, -0.1) is 11.3 Å². The highest BCUT2D eigenvalue weighted by Crippen LogP contribution is 2.15. The number of methoxy groups -OCH3 is 1. The number of amides is 1. The van der Waals surface area contributed by atoms with E-state index in [2.05, 4.69) is 10.1 Å². The molecule has 0 spiro atoms. The number of aryl methyl sites for hydroxylation is 1. The zero-order valence-electron chi connectivity index (χ0n) is 18.4. The molecular formula is C24H21F2N3O4S. The summed E-state index contributed by atoms with van der Waals surface area (Å²) in [6.07, 6.45) is 1.56. The van der Waals surface area contributed by atoms with Crippen molar-refractivity contribution in [3.63, 3.8) is 0 Å². The highest BCUT2D eigenvalue weighted by atomic mass is 32.1. The summed E-state index contributed by atoms with van der Waals surface area (Å²) in [5.41, 5.74) is 1.25. The molecule has 176 valence electrons. The largest absolute Gasteiger partial charge is 0.435 e. The molecule has 1 amide bonds. The Kier molecular flexibility index (Phi) is 8.29. The maximum absolute atomic E-state index is 13.4. The molecule has 10 heteroatoms. The summed E-state index contributed by atoms with van der Waals surface area (Å²) in [6.45, 7) is -0.652. The van der Waals surface area contributed by atoms with Gasteiger partial charge in [0.15, 0.2) is 5.57 Å². The van der Waals surface area contributed by atoms with Gasteiger partial charge >= 0.3 is 6.61 Å². The molecule has 3 aromatic rings. The van der Waals surface area contributed by atoms with E-state index >= 15 is 0 Å². The second-order valence-electron chi connectivity index (χ2n) is 7.03. The Bertz CT molecular complexity index is 1390. The fourth-order valence-corrected chi connectivity index (χ4v) is 4.23. The zero-order valence-corrected chi connectivity index (χ0v) is 19.2. The summed E-state index contributed by atoms with van der Waals surface area (Å²) in [5, 5.41) is 12.4. The molecule has 0 radical (unpaired) electrons. The summed E-state index contributed by atoms with van der Waals surface area (Å²) in [6, 6.07) is 14.8. The molecular weight excluding hydrogens is 464 g/mol. The number of alkyl halides is 2. The van der Waals surface area contributed by atoms with Gasteiger partial charge in [-0.2, -0.15) is 14.0 Å². The molecule has 1 heterocycles. The minimum Gasteiger partial charge on any atom is -0.435 e. The number of ether oxygens (including phenoxy) is 2. The summed E-state index contributed by atoms with van der Waals surface area (Å²) >= 11 is 0.992. The quantitative estimate of drug-likeness (QED) is 0.493. The van der Waals surface area contributed by atoms with Crippen molar-refractivity contribution in [2.24, 2.45) is 0 Å². The third kappa shape index (κ3) is 5.75. The number of hydrogen-bond donors (Lipinski definition) is 1. The van der Waals surface area contributed by atoms with Crippen molar-refractivity contribution in [2.45, 2.75) is 13.5 Å². The highest BCUT2D eigenvalue weighted by molar-refractivity contribution is 7.07. The normalized spacial score (nSPS) is 12.4. The number of carbonyl (C=O) groups is 1. The summed E-state index contributed by atoms with van der Waals surface area (Å²) in [7, 11) is 1.49. The van der Waals surface area contributed by atoms with Crippen molar-refractivity contribution < 1.29 is 23.0 Å². The lowest BCUT2D eigenvalue weighted by Gasteiger charge is -2.07. The van der Waals surface area contributed by atoms with Crippen LogP contribution >= 0.6 is 11.3 Å². The number of para-hydroxylation sites is 1. The van der Waals surface area contributed by atoms with E-state index in [-0.39, 0.29) is 33.7 Å². The van der Waals surface area contributed by atoms with Gasteiger partial charge in [0.05, 0.1) is 16.8 Å². The average Bonchev–Trinajstić information content (AvgIpc) is 3.11. The van der Waals surface area contributed by atoms with Crippen molar-refractivity contribution in [3.05, 3.63) is 79.2 Å². The molecule has 3 rings (SSSR count). The van der Waals surface area contributed by atoms with Gasteiger partial charge in [0, 0.05) is 13.7 Å². The number of aromatic nitrogens is 1. The van der Waals surface area contributed by atoms with Gasteiger partial charge in [0.1, 0.15) is 16.5 Å². The lowest BCUT2D eigenvalue weighted by Crippen LogP contribution is -2.35. The lowest BCUT2D eigenvalue weighted by atomic mass is 10.2. The summed E-state index contributed by atoms with van der Waals surface area (Å²) < 4.78 is 35.8. The Hall–Kier alpha value is -3.81. The van der Waals surface area contributed by atoms with Crippen LogP contribution in [0, 0.1) is 18.3 Å². The first-order valence-corrected chi connectivity index (χ1v) is 10.9. The van der Waals surface area contributed by atoms with E-state index in [4.69, 9.17) is 4.74 Å². The van der Waals surface area contributed by atoms with Crippen molar-refractivity contribution >= 4 is 28.9 Å². The standard InChI is InChI=1S/C24H21F2N3O4S/c1-15-5-3-4-6-19(15)29-22(31)20(13-16-7-9-17(10-8-16)33-24(25)26)34-23(29)18(14-27)21(30)28-11-12-32-2/h3-10,13,24H,11-12H2,1-2H3,(H,28,30)/b20-13-,23-18-. The maximum Gasteiger partial charge on any atom is 0.387 e. The van der Waals surface area contributed by atoms with Crippen molar-refractivity contribution in [3.8, 4) is 17.5 Å². The number of nitrogens with zero attached hydrogens (tertiary/aromatic N) is 2. The predicted molar refractivity (Wildman–Crippen MR) is 124 cm³/mol. The summed E-state index contributed by atoms with van der Waals surface area (Å²) in [5.74, 6) is -0.632. The molecule has 0 saturated heterocycles. The minimum absolute atomic E-state index is 0.0100. The second-order valence-corrected chi connectivity index (χ2v) is 8.06. The van der Waals surface area contributed by atoms with E-state index in [9.17, 15) is 23.6 Å². The van der Waals surface area contributed by atoms with Crippen LogP contribution in [0.3, 0.4) is 0 Å². The van der Waals surface area contributed by atoms with Gasteiger partial charge in [-0.3, -0.25) is 14.2 Å². The SMILES string of the molecule is COCCNC(=O)/C(C#N)=c1\s/c(=C\c2ccc(OC(F)F)cc2)c(=O)n1-c1ccccc1C. The first-order chi connectivity index (χ1) is 16.3. The van der Waals surface area contributed by atoms with Crippen molar-refractivity contribution in [2.75, 3.05) is 20.3 Å². The molecule has 0 aliphatic heterocycles. The molecule has 2 aromatic carbocycles. The molecule has 0 aliphatic rings. The monoisotopic (exact) mass is 485 g/mol. The molecule has 0 saturated carbocycles. The highest BCUT2D eigenvalue weighted by Gasteiger charge is 2.17. The molecule has 0 bridgehead atoms. The van der Waals surface area contributed by atoms with Gasteiger partial charge in [-0.25, -0.2) is 0 Å². The molecule has 7 nitrogen and oxygen atoms in total. The van der Waals surface area contributed by atoms with Crippen LogP contribution < -0.4 is 24.8 Å². The third-order valence-corrected chi connectivity index (χ3v) is 5.82. The van der Waals surface area contributed by atoms with Gasteiger partial charge in [-0.05, 0) is 42.3 Å². The maximum atomic E-state index is 13.4. The molecule has 1 N–H and O–H groups in total. The van der Waals surface area contributed by atoms with Gasteiger partial charge in [-0.1, -0.05) is 30.3 Å². The van der Waals surface area contributed by atoms with Crippen LogP contribution in [-0.4, -0.2) is 37.3 Å². The number of nitriles is 1. The third-order valence-electron chi connectivity index (χ3n) is 4.73. The van der Waals surface area contributed by atoms with Crippen LogP contribution in [0.25, 0.3) is 17.3 Å². The second kappa shape index (κ2) is 11.4. The first-order valence-electron chi connectivity index (χ1n) is 10.1. The molecule has 0 fully saturated rings. The van der Waals surface area contributed by atoms with Gasteiger partial charge in [0.25, 0.3) is 11.5 Å². The molecule has 1 aromatic heterocycles. The van der Waals surface area contributed by atoms with Crippen LogP contribution in [0.1, 0.15) is 11.1 Å². The molecule has 0 atom stereocenters. The number of thiazole rings is 1. The van der Waals surface area contributed by atoms with Gasteiger partial charge < -0.3 is 14.8 Å². The van der Waals surface area contributed by atoms with Crippen LogP contribution in [-0.2, 0) is 9.53 Å². The van der Waals surface area contributed by atoms with E-state index in [1.54, 1.807) is 18.2 Å². The molecule has 34 heavy (non-hydrogen) atoms. The lowest BCUT2D eigenvalue weighted by molar-refractivity contribution is -0.115. The van der Waals surface area contributed by atoms with E-state index in [0.29, 0.717) is 11.3 Å². The predicted octanol–water partition coefficient (Wildman–Crippen LogP) is 2.07. The Labute approximate surface area is 197 Å². The van der Waals surface area contributed by atoms with E-state index in [0.717, 1.165) is 16.9 Å². The minimum atomic E-state index is -2.94. The van der Waals surface area contributed by atoms with E-state index in [1.807, 2.05) is 25.1 Å². The number of carbonyl (C=O) groups excluding carboxylic acids is 1. The molecule has 0 aliphatic carbocycles. The number of nitrogens with one attached hydrogen (secondary N) is 1. The average molecular weight is 486 g/mol. The number of hydrogen-bond acceptors (Lipinski definition) is 6. The van der Waals surface area contributed by atoms with Crippen LogP contribution in [0.5, 0.6) is 5.75 Å². The van der Waals surface area contributed by atoms with E-state index in [1.165, 1.54) is 35.9 Å². The van der Waals surface area contributed by atoms with Crippen molar-refractivity contribution in [1.29, 1.82) is 5.26 Å². The van der Waals surface area contributed by atoms with Crippen molar-refractivity contribution in [1.82, 2.24) is 9.88 Å². The topological polar surface area (TPSA) is 93.3 Å². The fraction of sp³-hybridized carbons (Fsp3) is 0.208. The Morgan fingerprint density at radius 3 is 2.56 bits per heavy atom.